The van der Waals surface area contributed by atoms with Crippen molar-refractivity contribution in [1.29, 1.82) is 0 Å². The summed E-state index contributed by atoms with van der Waals surface area (Å²) in [4.78, 5) is 2.60. The van der Waals surface area contributed by atoms with Crippen molar-refractivity contribution in [2.45, 2.75) is 32.2 Å². The highest BCUT2D eigenvalue weighted by Crippen LogP contribution is 2.42. The summed E-state index contributed by atoms with van der Waals surface area (Å²) in [5.41, 5.74) is 2.45. The Kier molecular flexibility index (Phi) is 7.41. The maximum Gasteiger partial charge on any atom is 0.123 e. The first-order valence-electron chi connectivity index (χ1n) is 7.46. The first-order valence-corrected chi connectivity index (χ1v) is 7.46. The first kappa shape index (κ1) is 18.7. The second-order valence-corrected chi connectivity index (χ2v) is 5.92. The fraction of sp³-hybridized carbons (Fsp3) is 0.625. The number of halogens is 3. The summed E-state index contributed by atoms with van der Waals surface area (Å²) in [6.45, 7) is 6.41. The molecule has 1 atom stereocenters. The summed E-state index contributed by atoms with van der Waals surface area (Å²) >= 11 is 0. The third-order valence-electron chi connectivity index (χ3n) is 4.69. The summed E-state index contributed by atoms with van der Waals surface area (Å²) in [7, 11) is 0. The molecule has 5 heteroatoms. The van der Waals surface area contributed by atoms with Gasteiger partial charge in [-0.3, -0.25) is 4.90 Å². The Hall–Kier alpha value is -0.350. The molecule has 0 aromatic heterocycles. The Morgan fingerprint density at radius 3 is 2.38 bits per heavy atom. The molecule has 2 aliphatic rings. The quantitative estimate of drug-likeness (QED) is 0.906. The van der Waals surface area contributed by atoms with Crippen molar-refractivity contribution < 1.29 is 4.39 Å². The van der Waals surface area contributed by atoms with Gasteiger partial charge in [0.1, 0.15) is 5.82 Å². The monoisotopic (exact) mass is 334 g/mol. The second-order valence-electron chi connectivity index (χ2n) is 5.92. The zero-order chi connectivity index (χ0) is 13.2. The maximum absolute atomic E-state index is 13.3. The molecule has 120 valence electrons. The molecular weight excluding hydrogens is 310 g/mol. The third kappa shape index (κ3) is 4.10. The van der Waals surface area contributed by atoms with Crippen molar-refractivity contribution in [3.63, 3.8) is 0 Å². The van der Waals surface area contributed by atoms with Gasteiger partial charge in [-0.2, -0.15) is 0 Å². The highest BCUT2D eigenvalue weighted by molar-refractivity contribution is 5.85. The lowest BCUT2D eigenvalue weighted by Crippen LogP contribution is -2.48. The van der Waals surface area contributed by atoms with Crippen LogP contribution in [0.5, 0.6) is 0 Å². The molecule has 0 amide bonds. The molecule has 2 fully saturated rings. The van der Waals surface area contributed by atoms with Gasteiger partial charge < -0.3 is 5.32 Å². The molecule has 1 saturated carbocycles. The van der Waals surface area contributed by atoms with E-state index in [9.17, 15) is 4.39 Å². The van der Waals surface area contributed by atoms with E-state index in [0.29, 0.717) is 6.04 Å². The van der Waals surface area contributed by atoms with Crippen LogP contribution in [0.25, 0.3) is 0 Å². The Balaban J connectivity index is 0.00000110. The van der Waals surface area contributed by atoms with Crippen LogP contribution in [0.4, 0.5) is 4.39 Å². The standard InChI is InChI=1S/C16H23FN2.2ClH/c1-12-11-14(17)5-6-15(12)16(13-3-2-4-13)19-9-7-18-8-10-19;;/h5-6,11,13,16,18H,2-4,7-10H2,1H3;2*1H/t16-;;/m0../s1. The molecule has 0 spiro atoms. The minimum absolute atomic E-state index is 0. The Morgan fingerprint density at radius 1 is 1.19 bits per heavy atom. The average molecular weight is 335 g/mol. The van der Waals surface area contributed by atoms with Crippen LogP contribution in [0.15, 0.2) is 18.2 Å². The minimum atomic E-state index is -0.117. The van der Waals surface area contributed by atoms with Crippen LogP contribution >= 0.6 is 24.8 Å². The minimum Gasteiger partial charge on any atom is -0.314 e. The molecule has 1 aromatic carbocycles. The maximum atomic E-state index is 13.3. The van der Waals surface area contributed by atoms with Crippen LogP contribution in [0.3, 0.4) is 0 Å². The number of aryl methyl sites for hydroxylation is 1. The lowest BCUT2D eigenvalue weighted by molar-refractivity contribution is 0.0832. The molecule has 1 saturated heterocycles. The second kappa shape index (κ2) is 8.33. The number of rotatable bonds is 3. The average Bonchev–Trinajstić information content (AvgIpc) is 2.35. The van der Waals surface area contributed by atoms with Gasteiger partial charge in [-0.15, -0.1) is 24.8 Å². The van der Waals surface area contributed by atoms with Gasteiger partial charge in [-0.05, 0) is 48.9 Å². The van der Waals surface area contributed by atoms with E-state index in [1.54, 1.807) is 12.1 Å². The zero-order valence-corrected chi connectivity index (χ0v) is 14.1. The van der Waals surface area contributed by atoms with Crippen LogP contribution in [0, 0.1) is 18.7 Å². The van der Waals surface area contributed by atoms with Crippen molar-refractivity contribution in [1.82, 2.24) is 10.2 Å². The molecule has 1 N–H and O–H groups in total. The van der Waals surface area contributed by atoms with Crippen LogP contribution in [-0.2, 0) is 0 Å². The van der Waals surface area contributed by atoms with Crippen molar-refractivity contribution in [3.05, 3.63) is 35.1 Å². The van der Waals surface area contributed by atoms with Crippen LogP contribution in [0.2, 0.25) is 0 Å². The van der Waals surface area contributed by atoms with Gasteiger partial charge in [0, 0.05) is 32.2 Å². The Morgan fingerprint density at radius 2 is 1.86 bits per heavy atom. The summed E-state index contributed by atoms with van der Waals surface area (Å²) in [5.74, 6) is 0.649. The highest BCUT2D eigenvalue weighted by Gasteiger charge is 2.34. The molecule has 1 aliphatic carbocycles. The molecule has 0 radical (unpaired) electrons. The predicted molar refractivity (Wildman–Crippen MR) is 90.2 cm³/mol. The molecule has 1 aliphatic heterocycles. The molecular formula is C16H25Cl2FN2. The largest absolute Gasteiger partial charge is 0.314 e. The van der Waals surface area contributed by atoms with E-state index in [-0.39, 0.29) is 30.6 Å². The first-order chi connectivity index (χ1) is 9.25. The van der Waals surface area contributed by atoms with Crippen LogP contribution in [0.1, 0.15) is 36.4 Å². The van der Waals surface area contributed by atoms with E-state index < -0.39 is 0 Å². The van der Waals surface area contributed by atoms with E-state index in [4.69, 9.17) is 0 Å². The van der Waals surface area contributed by atoms with E-state index in [1.807, 2.05) is 13.0 Å². The normalized spacial score (nSPS) is 20.9. The molecule has 0 bridgehead atoms. The van der Waals surface area contributed by atoms with E-state index in [0.717, 1.165) is 37.7 Å². The van der Waals surface area contributed by atoms with E-state index >= 15 is 0 Å². The van der Waals surface area contributed by atoms with E-state index in [2.05, 4.69) is 10.2 Å². The lowest BCUT2D eigenvalue weighted by atomic mass is 9.75. The van der Waals surface area contributed by atoms with E-state index in [1.165, 1.54) is 24.8 Å². The van der Waals surface area contributed by atoms with Crippen molar-refractivity contribution >= 4 is 24.8 Å². The molecule has 1 aromatic rings. The number of benzene rings is 1. The van der Waals surface area contributed by atoms with Crippen molar-refractivity contribution in [2.24, 2.45) is 5.92 Å². The van der Waals surface area contributed by atoms with Gasteiger partial charge in [0.2, 0.25) is 0 Å². The van der Waals surface area contributed by atoms with Gasteiger partial charge in [-0.1, -0.05) is 12.5 Å². The molecule has 3 rings (SSSR count). The zero-order valence-electron chi connectivity index (χ0n) is 12.5. The molecule has 2 nitrogen and oxygen atoms in total. The highest BCUT2D eigenvalue weighted by atomic mass is 35.5. The fourth-order valence-electron chi connectivity index (χ4n) is 3.44. The lowest BCUT2D eigenvalue weighted by Gasteiger charge is -2.43. The molecule has 1 heterocycles. The number of piperazine rings is 1. The van der Waals surface area contributed by atoms with Crippen molar-refractivity contribution in [2.75, 3.05) is 26.2 Å². The summed E-state index contributed by atoms with van der Waals surface area (Å²) in [6.07, 6.45) is 4.00. The van der Waals surface area contributed by atoms with Gasteiger partial charge >= 0.3 is 0 Å². The molecule has 21 heavy (non-hydrogen) atoms. The topological polar surface area (TPSA) is 15.3 Å². The van der Waals surface area contributed by atoms with Gasteiger partial charge in [0.05, 0.1) is 0 Å². The van der Waals surface area contributed by atoms with Gasteiger partial charge in [-0.25, -0.2) is 4.39 Å². The van der Waals surface area contributed by atoms with Gasteiger partial charge in [0.15, 0.2) is 0 Å². The van der Waals surface area contributed by atoms with Crippen LogP contribution in [-0.4, -0.2) is 31.1 Å². The molecule has 0 unspecified atom stereocenters. The SMILES string of the molecule is Cc1cc(F)ccc1[C@H](C1CCC1)N1CCNCC1.Cl.Cl. The van der Waals surface area contributed by atoms with Gasteiger partial charge in [0.25, 0.3) is 0 Å². The number of hydrogen-bond acceptors (Lipinski definition) is 2. The number of hydrogen-bond donors (Lipinski definition) is 1. The number of nitrogens with one attached hydrogen (secondary N) is 1. The smallest absolute Gasteiger partial charge is 0.123 e. The number of nitrogens with zero attached hydrogens (tertiary/aromatic N) is 1. The Labute approximate surface area is 139 Å². The third-order valence-corrected chi connectivity index (χ3v) is 4.69. The summed E-state index contributed by atoms with van der Waals surface area (Å²) in [6, 6.07) is 5.81. The predicted octanol–water partition coefficient (Wildman–Crippen LogP) is 3.72. The summed E-state index contributed by atoms with van der Waals surface area (Å²) in [5, 5.41) is 3.42. The Bertz CT molecular complexity index is 446. The fourth-order valence-corrected chi connectivity index (χ4v) is 3.44. The summed E-state index contributed by atoms with van der Waals surface area (Å²) < 4.78 is 13.3. The van der Waals surface area contributed by atoms with Crippen molar-refractivity contribution in [3.8, 4) is 0 Å². The van der Waals surface area contributed by atoms with Crippen LogP contribution < -0.4 is 5.32 Å².